The third-order valence-corrected chi connectivity index (χ3v) is 5.32. The lowest BCUT2D eigenvalue weighted by molar-refractivity contribution is -0.384. The van der Waals surface area contributed by atoms with Crippen LogP contribution in [0.3, 0.4) is 0 Å². The standard InChI is InChI=1S/C20H13N5O7S/c1-32-13-6-7-15(17(8-13)25(30)31)22-19(27)18(26)14(9-21)20-23-16(10-33-20)11-2-4-12(5-3-11)24(28)29/h2-8,10,14H,1H3,(H,22,27)/t14-/m0/s1. The van der Waals surface area contributed by atoms with E-state index in [0.717, 1.165) is 17.4 Å². The first-order chi connectivity index (χ1) is 15.7. The van der Waals surface area contributed by atoms with Crippen molar-refractivity contribution in [1.29, 1.82) is 5.26 Å². The van der Waals surface area contributed by atoms with E-state index < -0.39 is 33.1 Å². The van der Waals surface area contributed by atoms with Gasteiger partial charge in [0.1, 0.15) is 16.4 Å². The number of nitro benzene ring substituents is 2. The second kappa shape index (κ2) is 9.62. The molecule has 13 heteroatoms. The van der Waals surface area contributed by atoms with Gasteiger partial charge >= 0.3 is 0 Å². The Morgan fingerprint density at radius 2 is 1.85 bits per heavy atom. The first-order valence-electron chi connectivity index (χ1n) is 9.02. The minimum absolute atomic E-state index is 0.0373. The summed E-state index contributed by atoms with van der Waals surface area (Å²) in [6.45, 7) is 0. The molecular weight excluding hydrogens is 454 g/mol. The molecule has 1 atom stereocenters. The number of carbonyl (C=O) groups is 2. The van der Waals surface area contributed by atoms with Crippen molar-refractivity contribution in [3.05, 3.63) is 73.1 Å². The number of hydrogen-bond acceptors (Lipinski definition) is 10. The number of thiazole rings is 1. The minimum atomic E-state index is -1.54. The molecule has 3 aromatic rings. The number of ketones is 1. The first-order valence-corrected chi connectivity index (χ1v) is 9.90. The predicted octanol–water partition coefficient (Wildman–Crippen LogP) is 3.45. The van der Waals surface area contributed by atoms with Crippen LogP contribution in [0.1, 0.15) is 10.9 Å². The Hall–Kier alpha value is -4.70. The summed E-state index contributed by atoms with van der Waals surface area (Å²) < 4.78 is 4.92. The monoisotopic (exact) mass is 467 g/mol. The molecule has 0 saturated carbocycles. The van der Waals surface area contributed by atoms with Gasteiger partial charge in [-0.15, -0.1) is 11.3 Å². The Morgan fingerprint density at radius 1 is 1.15 bits per heavy atom. The number of rotatable bonds is 8. The van der Waals surface area contributed by atoms with E-state index in [9.17, 15) is 35.1 Å². The highest BCUT2D eigenvalue weighted by Gasteiger charge is 2.31. The number of aromatic nitrogens is 1. The lowest BCUT2D eigenvalue weighted by Crippen LogP contribution is -2.28. The molecule has 1 N–H and O–H groups in total. The van der Waals surface area contributed by atoms with Crippen LogP contribution in [0, 0.1) is 31.6 Å². The number of anilines is 1. The molecule has 33 heavy (non-hydrogen) atoms. The molecule has 166 valence electrons. The van der Waals surface area contributed by atoms with Crippen LogP contribution in [0.25, 0.3) is 11.3 Å². The number of non-ortho nitro benzene ring substituents is 1. The molecule has 3 rings (SSSR count). The van der Waals surface area contributed by atoms with E-state index in [4.69, 9.17) is 4.74 Å². The van der Waals surface area contributed by atoms with E-state index in [1.807, 2.05) is 0 Å². The van der Waals surface area contributed by atoms with Crippen molar-refractivity contribution in [3.63, 3.8) is 0 Å². The van der Waals surface area contributed by atoms with Gasteiger partial charge in [0, 0.05) is 23.1 Å². The molecule has 0 unspecified atom stereocenters. The van der Waals surface area contributed by atoms with Crippen LogP contribution < -0.4 is 10.1 Å². The molecule has 1 aromatic heterocycles. The number of benzene rings is 2. The average Bonchev–Trinajstić information content (AvgIpc) is 3.29. The number of carbonyl (C=O) groups excluding carboxylic acids is 2. The van der Waals surface area contributed by atoms with E-state index in [1.165, 1.54) is 43.5 Å². The summed E-state index contributed by atoms with van der Waals surface area (Å²) in [5.74, 6) is -3.73. The van der Waals surface area contributed by atoms with Gasteiger partial charge in [-0.25, -0.2) is 4.98 Å². The number of hydrogen-bond donors (Lipinski definition) is 1. The summed E-state index contributed by atoms with van der Waals surface area (Å²) in [6.07, 6.45) is 0. The van der Waals surface area contributed by atoms with Crippen LogP contribution in [0.2, 0.25) is 0 Å². The summed E-state index contributed by atoms with van der Waals surface area (Å²) in [7, 11) is 1.32. The van der Waals surface area contributed by atoms with Gasteiger partial charge in [-0.3, -0.25) is 29.8 Å². The van der Waals surface area contributed by atoms with Gasteiger partial charge in [0.05, 0.1) is 34.8 Å². The molecule has 0 aliphatic carbocycles. The topological polar surface area (TPSA) is 178 Å². The van der Waals surface area contributed by atoms with E-state index in [0.29, 0.717) is 11.3 Å². The van der Waals surface area contributed by atoms with Gasteiger partial charge in [-0.1, -0.05) is 0 Å². The zero-order valence-electron chi connectivity index (χ0n) is 16.8. The quantitative estimate of drug-likeness (QED) is 0.295. The molecular formula is C20H13N5O7S. The Bertz CT molecular complexity index is 1300. The highest BCUT2D eigenvalue weighted by atomic mass is 32.1. The van der Waals surface area contributed by atoms with E-state index in [2.05, 4.69) is 10.3 Å². The fourth-order valence-electron chi connectivity index (χ4n) is 2.74. The van der Waals surface area contributed by atoms with Crippen molar-refractivity contribution < 1.29 is 24.2 Å². The fraction of sp³-hybridized carbons (Fsp3) is 0.100. The maximum Gasteiger partial charge on any atom is 0.296 e. The van der Waals surface area contributed by atoms with Gasteiger partial charge in [0.15, 0.2) is 5.92 Å². The van der Waals surface area contributed by atoms with Gasteiger partial charge in [0.25, 0.3) is 17.3 Å². The number of nitro groups is 2. The van der Waals surface area contributed by atoms with Gasteiger partial charge in [0.2, 0.25) is 5.78 Å². The summed E-state index contributed by atoms with van der Waals surface area (Å²) in [4.78, 5) is 50.0. The molecule has 0 aliphatic rings. The molecule has 0 spiro atoms. The third kappa shape index (κ3) is 4.97. The summed E-state index contributed by atoms with van der Waals surface area (Å²) >= 11 is 0.960. The first kappa shape index (κ1) is 23.0. The van der Waals surface area contributed by atoms with Crippen LogP contribution in [-0.4, -0.2) is 33.6 Å². The number of amides is 1. The maximum atomic E-state index is 12.6. The van der Waals surface area contributed by atoms with E-state index >= 15 is 0 Å². The lowest BCUT2D eigenvalue weighted by Gasteiger charge is -2.08. The van der Waals surface area contributed by atoms with Crippen LogP contribution in [0.15, 0.2) is 47.8 Å². The molecule has 1 heterocycles. The Balaban J connectivity index is 1.81. The minimum Gasteiger partial charge on any atom is -0.496 e. The number of Topliss-reactive ketones (excluding diaryl/α,β-unsaturated/α-hetero) is 1. The SMILES string of the molecule is COc1ccc(NC(=O)C(=O)[C@H](C#N)c2nc(-c3ccc([N+](=O)[O-])cc3)cs2)c([N+](=O)[O-])c1. The fourth-order valence-corrected chi connectivity index (χ4v) is 3.61. The van der Waals surface area contributed by atoms with Crippen molar-refractivity contribution >= 4 is 40.1 Å². The molecule has 0 aliphatic heterocycles. The van der Waals surface area contributed by atoms with Gasteiger partial charge < -0.3 is 10.1 Å². The third-order valence-electron chi connectivity index (χ3n) is 4.41. The van der Waals surface area contributed by atoms with Crippen molar-refractivity contribution in [2.24, 2.45) is 0 Å². The predicted molar refractivity (Wildman–Crippen MR) is 116 cm³/mol. The van der Waals surface area contributed by atoms with E-state index in [-0.39, 0.29) is 22.1 Å². The summed E-state index contributed by atoms with van der Waals surface area (Å²) in [5, 5.41) is 35.3. The highest BCUT2D eigenvalue weighted by molar-refractivity contribution is 7.10. The maximum absolute atomic E-state index is 12.6. The number of methoxy groups -OCH3 is 1. The smallest absolute Gasteiger partial charge is 0.296 e. The Labute approximate surface area is 189 Å². The van der Waals surface area contributed by atoms with Gasteiger partial charge in [-0.2, -0.15) is 5.26 Å². The van der Waals surface area contributed by atoms with Crippen LogP contribution in [0.5, 0.6) is 5.75 Å². The second-order valence-corrected chi connectivity index (χ2v) is 7.29. The highest BCUT2D eigenvalue weighted by Crippen LogP contribution is 2.31. The number of nitrogens with zero attached hydrogens (tertiary/aromatic N) is 4. The molecule has 0 radical (unpaired) electrons. The zero-order chi connectivity index (χ0) is 24.1. The lowest BCUT2D eigenvalue weighted by atomic mass is 10.1. The summed E-state index contributed by atoms with van der Waals surface area (Å²) in [6, 6.07) is 10.9. The molecule has 1 amide bonds. The zero-order valence-corrected chi connectivity index (χ0v) is 17.6. The summed E-state index contributed by atoms with van der Waals surface area (Å²) in [5.41, 5.74) is 0.0542. The Morgan fingerprint density at radius 3 is 2.42 bits per heavy atom. The molecule has 0 fully saturated rings. The Kier molecular flexibility index (Phi) is 6.70. The second-order valence-electron chi connectivity index (χ2n) is 6.40. The number of nitrogens with one attached hydrogen (secondary N) is 1. The van der Waals surface area contributed by atoms with Crippen molar-refractivity contribution in [3.8, 4) is 23.1 Å². The molecule has 0 saturated heterocycles. The van der Waals surface area contributed by atoms with Crippen molar-refractivity contribution in [2.45, 2.75) is 5.92 Å². The van der Waals surface area contributed by atoms with E-state index in [1.54, 1.807) is 11.4 Å². The number of ether oxygens (including phenoxy) is 1. The molecule has 0 bridgehead atoms. The average molecular weight is 467 g/mol. The normalized spacial score (nSPS) is 11.2. The van der Waals surface area contributed by atoms with Crippen LogP contribution in [-0.2, 0) is 9.59 Å². The molecule has 12 nitrogen and oxygen atoms in total. The van der Waals surface area contributed by atoms with Crippen molar-refractivity contribution in [1.82, 2.24) is 4.98 Å². The van der Waals surface area contributed by atoms with Crippen molar-refractivity contribution in [2.75, 3.05) is 12.4 Å². The van der Waals surface area contributed by atoms with Crippen LogP contribution in [0.4, 0.5) is 17.1 Å². The van der Waals surface area contributed by atoms with Crippen LogP contribution >= 0.6 is 11.3 Å². The van der Waals surface area contributed by atoms with Gasteiger partial charge in [-0.05, 0) is 24.3 Å². The largest absolute Gasteiger partial charge is 0.496 e. The molecule has 2 aromatic carbocycles. The number of nitriles is 1.